The molecule has 12 heteroatoms. The van der Waals surface area contributed by atoms with Crippen molar-refractivity contribution in [2.75, 3.05) is 26.2 Å². The van der Waals surface area contributed by atoms with Crippen molar-refractivity contribution >= 4 is 33.9 Å². The van der Waals surface area contributed by atoms with E-state index in [1.54, 1.807) is 26.2 Å². The van der Waals surface area contributed by atoms with Crippen LogP contribution >= 0.6 is 0 Å². The van der Waals surface area contributed by atoms with Gasteiger partial charge in [-0.25, -0.2) is 9.97 Å². The van der Waals surface area contributed by atoms with Gasteiger partial charge in [0, 0.05) is 37.3 Å². The molecular weight excluding hydrogens is 584 g/mol. The minimum Gasteiger partial charge on any atom is -0.358 e. The van der Waals surface area contributed by atoms with Crippen molar-refractivity contribution in [2.45, 2.75) is 77.0 Å². The van der Waals surface area contributed by atoms with Crippen molar-refractivity contribution in [2.24, 2.45) is 0 Å². The summed E-state index contributed by atoms with van der Waals surface area (Å²) in [7, 11) is 0. The largest absolute Gasteiger partial charge is 0.358 e. The molecule has 0 spiro atoms. The number of hydrogen-bond donors (Lipinski definition) is 4. The highest BCUT2D eigenvalue weighted by atomic mass is 16.5. The second-order valence-electron chi connectivity index (χ2n) is 13.6. The van der Waals surface area contributed by atoms with E-state index < -0.39 is 22.3 Å². The Balaban J connectivity index is 1.30. The van der Waals surface area contributed by atoms with Crippen LogP contribution in [-0.2, 0) is 32.3 Å². The molecule has 12 nitrogen and oxygen atoms in total. The summed E-state index contributed by atoms with van der Waals surface area (Å²) in [6, 6.07) is 15.2. The summed E-state index contributed by atoms with van der Waals surface area (Å²) in [4.78, 5) is 45.8. The molecule has 0 unspecified atom stereocenters. The van der Waals surface area contributed by atoms with Crippen LogP contribution in [0.15, 0.2) is 60.9 Å². The van der Waals surface area contributed by atoms with Crippen molar-refractivity contribution in [1.82, 2.24) is 41.2 Å². The Morgan fingerprint density at radius 2 is 0.957 bits per heavy atom. The lowest BCUT2D eigenvalue weighted by Crippen LogP contribution is -2.64. The average molecular weight is 629 g/mol. The zero-order valence-corrected chi connectivity index (χ0v) is 27.4. The Morgan fingerprint density at radius 1 is 0.587 bits per heavy atom. The number of hydrogen-bond acceptors (Lipinski definition) is 10. The molecule has 3 heterocycles. The van der Waals surface area contributed by atoms with E-state index in [9.17, 15) is 9.59 Å². The lowest BCUT2D eigenvalue weighted by molar-refractivity contribution is -0.150. The van der Waals surface area contributed by atoms with Crippen LogP contribution in [0.3, 0.4) is 0 Å². The van der Waals surface area contributed by atoms with E-state index in [-0.39, 0.29) is 38.1 Å². The Labute approximate surface area is 269 Å². The van der Waals surface area contributed by atoms with Crippen LogP contribution in [0.4, 0.5) is 0 Å². The lowest BCUT2D eigenvalue weighted by Gasteiger charge is -2.38. The van der Waals surface area contributed by atoms with Crippen LogP contribution in [0.1, 0.15) is 52.9 Å². The molecule has 1 fully saturated rings. The highest BCUT2D eigenvalue weighted by molar-refractivity contribution is 5.86. The van der Waals surface area contributed by atoms with E-state index >= 15 is 0 Å². The molecule has 0 saturated carbocycles. The fourth-order valence-corrected chi connectivity index (χ4v) is 5.18. The predicted molar refractivity (Wildman–Crippen MR) is 176 cm³/mol. The van der Waals surface area contributed by atoms with Crippen molar-refractivity contribution < 1.29 is 19.1 Å². The van der Waals surface area contributed by atoms with Gasteiger partial charge in [-0.3, -0.25) is 19.6 Å². The maximum Gasteiger partial charge on any atom is 0.253 e. The number of nitrogens with zero attached hydrogens (tertiary/aromatic N) is 4. The molecule has 244 valence electrons. The minimum absolute atomic E-state index is 0.0967. The first-order valence-corrected chi connectivity index (χ1v) is 15.5. The second-order valence-corrected chi connectivity index (χ2v) is 13.6. The first-order valence-electron chi connectivity index (χ1n) is 15.5. The number of rotatable bonds is 6. The van der Waals surface area contributed by atoms with Gasteiger partial charge in [0.2, 0.25) is 0 Å². The van der Waals surface area contributed by atoms with E-state index in [1.165, 1.54) is 0 Å². The van der Waals surface area contributed by atoms with Crippen LogP contribution in [-0.4, -0.2) is 80.2 Å². The maximum atomic E-state index is 13.8. The quantitative estimate of drug-likeness (QED) is 0.251. The molecule has 4 aromatic rings. The van der Waals surface area contributed by atoms with E-state index in [0.717, 1.165) is 22.1 Å². The zero-order chi connectivity index (χ0) is 33.0. The standard InChI is InChI=1S/C34H44N8O4/c1-31(2)19-35-21-34(6,46-18-24-16-38-26-12-8-10-14-28(26)40-24)30(44)42-32(3,4)20-36-22-33(5,29(43)41-31)45-17-23-15-37-25-11-7-9-13-27(25)39-23/h7-16,35-36H,17-22H2,1-6H3,(H,41,43)(H,42,44)/t33-,34-/m1/s1. The van der Waals surface area contributed by atoms with Gasteiger partial charge >= 0.3 is 0 Å². The summed E-state index contributed by atoms with van der Waals surface area (Å²) < 4.78 is 12.6. The van der Waals surface area contributed by atoms with Crippen LogP contribution < -0.4 is 21.3 Å². The number of para-hydroxylation sites is 4. The van der Waals surface area contributed by atoms with Gasteiger partial charge in [-0.05, 0) is 65.8 Å². The summed E-state index contributed by atoms with van der Waals surface area (Å²) in [5.74, 6) is -0.540. The monoisotopic (exact) mass is 628 g/mol. The molecule has 2 aromatic heterocycles. The van der Waals surface area contributed by atoms with E-state index in [4.69, 9.17) is 9.47 Å². The number of ether oxygens (including phenoxy) is 2. The molecule has 2 atom stereocenters. The molecule has 0 aliphatic carbocycles. The normalized spacial score (nSPS) is 24.2. The Morgan fingerprint density at radius 3 is 1.35 bits per heavy atom. The highest BCUT2D eigenvalue weighted by Crippen LogP contribution is 2.20. The molecule has 1 saturated heterocycles. The van der Waals surface area contributed by atoms with Gasteiger partial charge in [0.15, 0.2) is 11.2 Å². The molecule has 1 aliphatic heterocycles. The minimum atomic E-state index is -1.24. The Hall–Kier alpha value is -4.10. The number of carbonyl (C=O) groups excluding carboxylic acids is 2. The first-order chi connectivity index (χ1) is 21.8. The van der Waals surface area contributed by atoms with E-state index in [2.05, 4.69) is 41.2 Å². The molecule has 0 radical (unpaired) electrons. The molecule has 46 heavy (non-hydrogen) atoms. The van der Waals surface area contributed by atoms with E-state index in [0.29, 0.717) is 24.5 Å². The third kappa shape index (κ3) is 8.18. The predicted octanol–water partition coefficient (Wildman–Crippen LogP) is 2.81. The number of carbonyl (C=O) groups is 2. The van der Waals surface area contributed by atoms with Gasteiger partial charge in [0.25, 0.3) is 11.8 Å². The molecule has 0 bridgehead atoms. The molecule has 2 amide bonds. The lowest BCUT2D eigenvalue weighted by atomic mass is 9.96. The van der Waals surface area contributed by atoms with Crippen LogP contribution in [0.2, 0.25) is 0 Å². The third-order valence-electron chi connectivity index (χ3n) is 8.00. The van der Waals surface area contributed by atoms with Gasteiger partial charge in [0.1, 0.15) is 0 Å². The summed E-state index contributed by atoms with van der Waals surface area (Å²) in [5.41, 5.74) is 0.477. The Kier molecular flexibility index (Phi) is 9.64. The Bertz CT molecular complexity index is 1590. The number of benzene rings is 2. The third-order valence-corrected chi connectivity index (χ3v) is 8.00. The summed E-state index contributed by atoms with van der Waals surface area (Å²) in [6.45, 7) is 12.5. The number of aromatic nitrogens is 4. The van der Waals surface area contributed by atoms with Gasteiger partial charge in [-0.1, -0.05) is 24.3 Å². The zero-order valence-electron chi connectivity index (χ0n) is 27.4. The summed E-state index contributed by atoms with van der Waals surface area (Å²) in [5, 5.41) is 13.0. The SMILES string of the molecule is CC1(C)CNC[C@@](C)(OCc2cnc3ccccc3n2)C(=O)NC(C)(C)CNC[C@@](C)(OCc2cnc3ccccc3n2)C(=O)N1. The van der Waals surface area contributed by atoms with Gasteiger partial charge in [0.05, 0.1) is 59.1 Å². The number of fused-ring (bicyclic) bond motifs is 2. The van der Waals surface area contributed by atoms with E-state index in [1.807, 2.05) is 76.2 Å². The van der Waals surface area contributed by atoms with Gasteiger partial charge in [-0.2, -0.15) is 0 Å². The van der Waals surface area contributed by atoms with Crippen LogP contribution in [0.5, 0.6) is 0 Å². The second kappa shape index (κ2) is 13.3. The van der Waals surface area contributed by atoms with Crippen LogP contribution in [0.25, 0.3) is 22.1 Å². The molecule has 1 aliphatic rings. The molecule has 5 rings (SSSR count). The van der Waals surface area contributed by atoms with Crippen LogP contribution in [0, 0.1) is 0 Å². The maximum absolute atomic E-state index is 13.8. The summed E-state index contributed by atoms with van der Waals surface area (Å²) >= 11 is 0. The summed E-state index contributed by atoms with van der Waals surface area (Å²) in [6.07, 6.45) is 3.33. The van der Waals surface area contributed by atoms with Gasteiger partial charge in [-0.15, -0.1) is 0 Å². The topological polar surface area (TPSA) is 152 Å². The van der Waals surface area contributed by atoms with Crippen molar-refractivity contribution in [3.05, 3.63) is 72.3 Å². The average Bonchev–Trinajstić information content (AvgIpc) is 3.01. The molecular formula is C34H44N8O4. The number of amides is 2. The first kappa shape index (κ1) is 33.3. The highest BCUT2D eigenvalue weighted by Gasteiger charge is 2.41. The molecule has 4 N–H and O–H groups in total. The van der Waals surface area contributed by atoms with Crippen molar-refractivity contribution in [3.63, 3.8) is 0 Å². The fourth-order valence-electron chi connectivity index (χ4n) is 5.18. The number of nitrogens with one attached hydrogen (secondary N) is 4. The molecule has 2 aromatic carbocycles. The van der Waals surface area contributed by atoms with Gasteiger partial charge < -0.3 is 30.7 Å². The van der Waals surface area contributed by atoms with Crippen molar-refractivity contribution in [3.8, 4) is 0 Å². The van der Waals surface area contributed by atoms with Crippen molar-refractivity contribution in [1.29, 1.82) is 0 Å². The smallest absolute Gasteiger partial charge is 0.253 e. The fraction of sp³-hybridized carbons (Fsp3) is 0.471.